The number of hydrogen-bond acceptors (Lipinski definition) is 6. The summed E-state index contributed by atoms with van der Waals surface area (Å²) < 4.78 is 1.75. The lowest BCUT2D eigenvalue weighted by Crippen LogP contribution is -2.41. The summed E-state index contributed by atoms with van der Waals surface area (Å²) in [6, 6.07) is 7.65. The molecule has 1 atom stereocenters. The Hall–Kier alpha value is -2.74. The highest BCUT2D eigenvalue weighted by molar-refractivity contribution is 6.31. The normalized spacial score (nSPS) is 17.2. The van der Waals surface area contributed by atoms with Crippen molar-refractivity contribution in [3.63, 3.8) is 0 Å². The fraction of sp³-hybridized carbons (Fsp3) is 0.421. The molecule has 0 aliphatic carbocycles. The molecule has 8 nitrogen and oxygen atoms in total. The Labute approximate surface area is 167 Å². The van der Waals surface area contributed by atoms with Gasteiger partial charge in [0.15, 0.2) is 17.0 Å². The number of aromatic nitrogens is 5. The van der Waals surface area contributed by atoms with Gasteiger partial charge in [-0.25, -0.2) is 14.6 Å². The van der Waals surface area contributed by atoms with Crippen molar-refractivity contribution in [1.29, 1.82) is 0 Å². The zero-order valence-electron chi connectivity index (χ0n) is 15.7. The molecule has 1 amide bonds. The molecule has 2 aromatic heterocycles. The van der Waals surface area contributed by atoms with Crippen LogP contribution in [0.4, 0.5) is 5.82 Å². The maximum Gasteiger partial charge on any atom is 0.222 e. The Morgan fingerprint density at radius 2 is 2.14 bits per heavy atom. The third kappa shape index (κ3) is 3.52. The number of anilines is 1. The van der Waals surface area contributed by atoms with Crippen LogP contribution >= 0.6 is 11.6 Å². The van der Waals surface area contributed by atoms with E-state index in [1.807, 2.05) is 31.2 Å². The summed E-state index contributed by atoms with van der Waals surface area (Å²) in [6.45, 7) is 3.83. The molecule has 1 aliphatic heterocycles. The number of carbonyl (C=O) groups excluding carboxylic acids is 1. The fourth-order valence-electron chi connectivity index (χ4n) is 3.56. The Bertz CT molecular complexity index is 1020. The van der Waals surface area contributed by atoms with E-state index in [0.29, 0.717) is 41.5 Å². The number of nitrogens with two attached hydrogens (primary N) is 1. The van der Waals surface area contributed by atoms with Crippen LogP contribution in [-0.4, -0.2) is 44.0 Å². The van der Waals surface area contributed by atoms with E-state index in [0.717, 1.165) is 30.8 Å². The number of rotatable bonds is 5. The second-order valence-corrected chi connectivity index (χ2v) is 7.42. The van der Waals surface area contributed by atoms with Crippen molar-refractivity contribution in [3.8, 4) is 0 Å². The zero-order chi connectivity index (χ0) is 19.7. The number of aryl methyl sites for hydroxylation is 1. The molecule has 4 rings (SSSR count). The first-order chi connectivity index (χ1) is 13.6. The van der Waals surface area contributed by atoms with Crippen molar-refractivity contribution in [1.82, 2.24) is 25.0 Å². The minimum Gasteiger partial charge on any atom is -0.369 e. The molecular formula is C19H22ClN7O. The quantitative estimate of drug-likeness (QED) is 0.705. The highest BCUT2D eigenvalue weighted by Crippen LogP contribution is 2.27. The number of halogens is 1. The lowest BCUT2D eigenvalue weighted by molar-refractivity contribution is -0.122. The molecule has 0 radical (unpaired) electrons. The summed E-state index contributed by atoms with van der Waals surface area (Å²) >= 11 is 6.30. The van der Waals surface area contributed by atoms with Gasteiger partial charge in [-0.1, -0.05) is 41.9 Å². The summed E-state index contributed by atoms with van der Waals surface area (Å²) in [4.78, 5) is 23.1. The van der Waals surface area contributed by atoms with Crippen molar-refractivity contribution in [2.24, 2.45) is 11.7 Å². The second-order valence-electron chi connectivity index (χ2n) is 7.02. The smallest absolute Gasteiger partial charge is 0.222 e. The number of piperidine rings is 1. The summed E-state index contributed by atoms with van der Waals surface area (Å²) in [6.07, 6.45) is 2.38. The molecule has 1 aromatic carbocycles. The minimum atomic E-state index is -0.270. The molecule has 0 bridgehead atoms. The first kappa shape index (κ1) is 18.6. The molecule has 1 fully saturated rings. The van der Waals surface area contributed by atoms with E-state index < -0.39 is 0 Å². The predicted octanol–water partition coefficient (Wildman–Crippen LogP) is 2.19. The summed E-state index contributed by atoms with van der Waals surface area (Å²) in [5, 5.41) is 9.33. The summed E-state index contributed by atoms with van der Waals surface area (Å²) in [5.41, 5.74) is 7.79. The monoisotopic (exact) mass is 399 g/mol. The van der Waals surface area contributed by atoms with Crippen LogP contribution in [0.2, 0.25) is 5.02 Å². The van der Waals surface area contributed by atoms with Crippen LogP contribution in [0.25, 0.3) is 11.2 Å². The summed E-state index contributed by atoms with van der Waals surface area (Å²) in [7, 11) is 0. The van der Waals surface area contributed by atoms with E-state index in [4.69, 9.17) is 22.3 Å². The Balaban J connectivity index is 1.75. The number of nitrogens with zero attached hydrogens (tertiary/aromatic N) is 6. The molecule has 1 saturated heterocycles. The first-order valence-electron chi connectivity index (χ1n) is 9.44. The van der Waals surface area contributed by atoms with Gasteiger partial charge in [-0.2, -0.15) is 0 Å². The Morgan fingerprint density at radius 1 is 1.32 bits per heavy atom. The van der Waals surface area contributed by atoms with E-state index in [1.54, 1.807) is 4.68 Å². The van der Waals surface area contributed by atoms with Crippen LogP contribution in [0.15, 0.2) is 24.3 Å². The highest BCUT2D eigenvalue weighted by atomic mass is 35.5. The average molecular weight is 400 g/mol. The van der Waals surface area contributed by atoms with Crippen LogP contribution in [0.3, 0.4) is 0 Å². The molecule has 0 unspecified atom stereocenters. The van der Waals surface area contributed by atoms with Crippen LogP contribution < -0.4 is 10.6 Å². The highest BCUT2D eigenvalue weighted by Gasteiger charge is 2.27. The van der Waals surface area contributed by atoms with E-state index in [9.17, 15) is 4.79 Å². The van der Waals surface area contributed by atoms with Gasteiger partial charge in [0, 0.05) is 24.5 Å². The van der Waals surface area contributed by atoms with Crippen LogP contribution in [0.1, 0.15) is 31.2 Å². The molecule has 0 saturated carbocycles. The van der Waals surface area contributed by atoms with Gasteiger partial charge in [0.2, 0.25) is 5.91 Å². The Morgan fingerprint density at radius 3 is 2.89 bits per heavy atom. The van der Waals surface area contributed by atoms with Gasteiger partial charge in [0.1, 0.15) is 5.82 Å². The molecule has 3 heterocycles. The van der Waals surface area contributed by atoms with E-state index in [1.165, 1.54) is 0 Å². The van der Waals surface area contributed by atoms with E-state index in [-0.39, 0.29) is 11.8 Å². The van der Waals surface area contributed by atoms with Gasteiger partial charge >= 0.3 is 0 Å². The first-order valence-corrected chi connectivity index (χ1v) is 9.82. The molecule has 1 aliphatic rings. The molecule has 3 aromatic rings. The average Bonchev–Trinajstić information content (AvgIpc) is 3.11. The third-order valence-corrected chi connectivity index (χ3v) is 5.48. The topological polar surface area (TPSA) is 103 Å². The third-order valence-electron chi connectivity index (χ3n) is 5.11. The number of hydrogen-bond donors (Lipinski definition) is 1. The predicted molar refractivity (Wildman–Crippen MR) is 107 cm³/mol. The number of carbonyl (C=O) groups is 1. The van der Waals surface area contributed by atoms with Crippen molar-refractivity contribution in [2.45, 2.75) is 32.7 Å². The number of benzene rings is 1. The van der Waals surface area contributed by atoms with Gasteiger partial charge in [-0.05, 0) is 24.5 Å². The van der Waals surface area contributed by atoms with Gasteiger partial charge < -0.3 is 10.6 Å². The molecule has 0 spiro atoms. The number of amides is 1. The van der Waals surface area contributed by atoms with Crippen LogP contribution in [0.5, 0.6) is 0 Å². The minimum absolute atomic E-state index is 0.179. The lowest BCUT2D eigenvalue weighted by atomic mass is 9.97. The lowest BCUT2D eigenvalue weighted by Gasteiger charge is -2.32. The van der Waals surface area contributed by atoms with E-state index in [2.05, 4.69) is 20.2 Å². The van der Waals surface area contributed by atoms with Gasteiger partial charge in [-0.15, -0.1) is 5.10 Å². The van der Waals surface area contributed by atoms with Crippen LogP contribution in [0, 0.1) is 5.92 Å². The van der Waals surface area contributed by atoms with Crippen molar-refractivity contribution in [3.05, 3.63) is 40.7 Å². The van der Waals surface area contributed by atoms with Gasteiger partial charge in [0.25, 0.3) is 0 Å². The summed E-state index contributed by atoms with van der Waals surface area (Å²) in [5.74, 6) is 0.986. The van der Waals surface area contributed by atoms with Crippen molar-refractivity contribution >= 4 is 34.5 Å². The molecule has 9 heteroatoms. The molecule has 146 valence electrons. The van der Waals surface area contributed by atoms with E-state index >= 15 is 0 Å². The SMILES string of the molecule is CCc1nc(N2CCC[C@@H](C(N)=O)C2)c2nnn(Cc3ccccc3Cl)c2n1. The molecule has 2 N–H and O–H groups in total. The maximum absolute atomic E-state index is 11.7. The van der Waals surface area contributed by atoms with Crippen molar-refractivity contribution < 1.29 is 4.79 Å². The molecule has 28 heavy (non-hydrogen) atoms. The van der Waals surface area contributed by atoms with Gasteiger partial charge in [-0.3, -0.25) is 4.79 Å². The maximum atomic E-state index is 11.7. The largest absolute Gasteiger partial charge is 0.369 e. The number of primary amides is 1. The van der Waals surface area contributed by atoms with Gasteiger partial charge in [0.05, 0.1) is 12.5 Å². The molecular weight excluding hydrogens is 378 g/mol. The number of fused-ring (bicyclic) bond motifs is 1. The zero-order valence-corrected chi connectivity index (χ0v) is 16.4. The fourth-order valence-corrected chi connectivity index (χ4v) is 3.76. The Kier molecular flexibility index (Phi) is 5.13. The second kappa shape index (κ2) is 7.71. The van der Waals surface area contributed by atoms with Crippen LogP contribution in [-0.2, 0) is 17.8 Å². The standard InChI is InChI=1S/C19H22ClN7O/c1-2-15-22-18(26-9-5-7-13(10-26)17(21)28)16-19(23-15)27(25-24-16)11-12-6-3-4-8-14(12)20/h3-4,6,8,13H,2,5,7,9-11H2,1H3,(H2,21,28)/t13-/m1/s1. The van der Waals surface area contributed by atoms with Crippen molar-refractivity contribution in [2.75, 3.05) is 18.0 Å².